The predicted octanol–water partition coefficient (Wildman–Crippen LogP) is 0.312. The van der Waals surface area contributed by atoms with Crippen molar-refractivity contribution in [2.24, 2.45) is 5.92 Å². The maximum Gasteiger partial charge on any atom is 0.273 e. The SMILES string of the molecule is O=C(NC(Cc1ccccn1)C1CC(O)C1)c1cn[nH]n1. The lowest BCUT2D eigenvalue weighted by Gasteiger charge is -2.37. The Morgan fingerprint density at radius 1 is 1.48 bits per heavy atom. The van der Waals surface area contributed by atoms with Gasteiger partial charge in [0.25, 0.3) is 5.91 Å². The second-order valence-corrected chi connectivity index (χ2v) is 5.35. The number of amides is 1. The van der Waals surface area contributed by atoms with Crippen LogP contribution in [0.25, 0.3) is 0 Å². The zero-order chi connectivity index (χ0) is 14.7. The Bertz CT molecular complexity index is 581. The highest BCUT2D eigenvalue weighted by molar-refractivity contribution is 5.92. The normalized spacial score (nSPS) is 22.3. The molecule has 1 aliphatic carbocycles. The smallest absolute Gasteiger partial charge is 0.273 e. The van der Waals surface area contributed by atoms with Crippen LogP contribution in [0.5, 0.6) is 0 Å². The van der Waals surface area contributed by atoms with E-state index in [4.69, 9.17) is 0 Å². The van der Waals surface area contributed by atoms with Gasteiger partial charge in [0, 0.05) is 24.4 Å². The van der Waals surface area contributed by atoms with E-state index in [0.29, 0.717) is 19.3 Å². The molecule has 1 atom stereocenters. The van der Waals surface area contributed by atoms with Crippen LogP contribution in [0, 0.1) is 5.92 Å². The van der Waals surface area contributed by atoms with Gasteiger partial charge in [0.05, 0.1) is 12.3 Å². The van der Waals surface area contributed by atoms with Gasteiger partial charge in [-0.3, -0.25) is 9.78 Å². The minimum atomic E-state index is -0.259. The van der Waals surface area contributed by atoms with Gasteiger partial charge in [-0.1, -0.05) is 6.07 Å². The second-order valence-electron chi connectivity index (χ2n) is 5.35. The fourth-order valence-corrected chi connectivity index (χ4v) is 2.59. The number of aliphatic hydroxyl groups excluding tert-OH is 1. The number of pyridine rings is 1. The van der Waals surface area contributed by atoms with Crippen molar-refractivity contribution in [1.82, 2.24) is 25.7 Å². The molecule has 0 radical (unpaired) electrons. The van der Waals surface area contributed by atoms with Gasteiger partial charge >= 0.3 is 0 Å². The number of aromatic amines is 1. The second kappa shape index (κ2) is 6.01. The Morgan fingerprint density at radius 3 is 2.95 bits per heavy atom. The topological polar surface area (TPSA) is 104 Å². The van der Waals surface area contributed by atoms with Crippen molar-refractivity contribution in [3.63, 3.8) is 0 Å². The number of nitrogens with zero attached hydrogens (tertiary/aromatic N) is 3. The summed E-state index contributed by atoms with van der Waals surface area (Å²) in [4.78, 5) is 16.4. The molecule has 1 saturated carbocycles. The monoisotopic (exact) mass is 287 g/mol. The summed E-state index contributed by atoms with van der Waals surface area (Å²) in [5.74, 6) is 0.00364. The minimum Gasteiger partial charge on any atom is -0.393 e. The zero-order valence-corrected chi connectivity index (χ0v) is 11.4. The number of nitrogens with one attached hydrogen (secondary N) is 2. The number of H-pyrrole nitrogens is 1. The molecule has 7 heteroatoms. The Balaban J connectivity index is 1.69. The molecule has 2 aromatic rings. The highest BCUT2D eigenvalue weighted by Crippen LogP contribution is 2.31. The summed E-state index contributed by atoms with van der Waals surface area (Å²) in [6.45, 7) is 0. The van der Waals surface area contributed by atoms with Crippen LogP contribution in [0.2, 0.25) is 0 Å². The first-order valence-corrected chi connectivity index (χ1v) is 6.97. The van der Waals surface area contributed by atoms with Crippen LogP contribution in [0.3, 0.4) is 0 Å². The van der Waals surface area contributed by atoms with Crippen LogP contribution < -0.4 is 5.32 Å². The van der Waals surface area contributed by atoms with E-state index in [2.05, 4.69) is 25.7 Å². The van der Waals surface area contributed by atoms with Crippen molar-refractivity contribution in [3.05, 3.63) is 42.0 Å². The van der Waals surface area contributed by atoms with E-state index in [-0.39, 0.29) is 29.7 Å². The molecule has 0 aromatic carbocycles. The number of aromatic nitrogens is 4. The first-order valence-electron chi connectivity index (χ1n) is 6.97. The third kappa shape index (κ3) is 3.25. The van der Waals surface area contributed by atoms with E-state index >= 15 is 0 Å². The summed E-state index contributed by atoms with van der Waals surface area (Å²) < 4.78 is 0. The molecule has 110 valence electrons. The highest BCUT2D eigenvalue weighted by Gasteiger charge is 2.35. The first-order chi connectivity index (χ1) is 10.2. The van der Waals surface area contributed by atoms with E-state index < -0.39 is 0 Å². The summed E-state index contributed by atoms with van der Waals surface area (Å²) in [6.07, 6.45) is 4.92. The largest absolute Gasteiger partial charge is 0.393 e. The van der Waals surface area contributed by atoms with E-state index in [1.165, 1.54) is 6.20 Å². The van der Waals surface area contributed by atoms with E-state index in [0.717, 1.165) is 5.69 Å². The maximum absolute atomic E-state index is 12.1. The number of aliphatic hydroxyl groups is 1. The molecule has 1 amide bonds. The van der Waals surface area contributed by atoms with Crippen LogP contribution in [0.1, 0.15) is 29.0 Å². The summed E-state index contributed by atoms with van der Waals surface area (Å²) in [7, 11) is 0. The van der Waals surface area contributed by atoms with Gasteiger partial charge in [-0.25, -0.2) is 0 Å². The minimum absolute atomic E-state index is 0.0625. The van der Waals surface area contributed by atoms with Crippen molar-refractivity contribution in [1.29, 1.82) is 0 Å². The molecule has 1 unspecified atom stereocenters. The Hall–Kier alpha value is -2.28. The van der Waals surface area contributed by atoms with Gasteiger partial charge in [0.1, 0.15) is 0 Å². The van der Waals surface area contributed by atoms with Crippen molar-refractivity contribution >= 4 is 5.91 Å². The summed E-state index contributed by atoms with van der Waals surface area (Å²) in [5.41, 5.74) is 1.19. The average molecular weight is 287 g/mol. The first kappa shape index (κ1) is 13.7. The van der Waals surface area contributed by atoms with Crippen LogP contribution in [0.15, 0.2) is 30.6 Å². The molecule has 0 bridgehead atoms. The lowest BCUT2D eigenvalue weighted by atomic mass is 9.76. The summed E-state index contributed by atoms with van der Waals surface area (Å²) >= 11 is 0. The van der Waals surface area contributed by atoms with Crippen molar-refractivity contribution < 1.29 is 9.90 Å². The highest BCUT2D eigenvalue weighted by atomic mass is 16.3. The summed E-state index contributed by atoms with van der Waals surface area (Å²) in [6, 6.07) is 5.66. The van der Waals surface area contributed by atoms with Gasteiger partial charge in [-0.2, -0.15) is 15.4 Å². The van der Waals surface area contributed by atoms with Crippen molar-refractivity contribution in [2.45, 2.75) is 31.4 Å². The number of carbonyl (C=O) groups is 1. The van der Waals surface area contributed by atoms with Crippen molar-refractivity contribution in [2.75, 3.05) is 0 Å². The average Bonchev–Trinajstić information content (AvgIpc) is 2.98. The van der Waals surface area contributed by atoms with Gasteiger partial charge in [-0.05, 0) is 30.9 Å². The molecule has 1 aliphatic rings. The van der Waals surface area contributed by atoms with Crippen molar-refractivity contribution in [3.8, 4) is 0 Å². The molecule has 3 N–H and O–H groups in total. The zero-order valence-electron chi connectivity index (χ0n) is 11.4. The van der Waals surface area contributed by atoms with Crippen LogP contribution >= 0.6 is 0 Å². The molecule has 2 heterocycles. The number of rotatable bonds is 5. The number of hydrogen-bond acceptors (Lipinski definition) is 5. The summed E-state index contributed by atoms with van der Waals surface area (Å²) in [5, 5.41) is 22.3. The van der Waals surface area contributed by atoms with Crippen LogP contribution in [-0.4, -0.2) is 43.6 Å². The Morgan fingerprint density at radius 2 is 2.33 bits per heavy atom. The molecule has 7 nitrogen and oxygen atoms in total. The molecular formula is C14H17N5O2. The molecule has 0 spiro atoms. The van der Waals surface area contributed by atoms with Gasteiger partial charge < -0.3 is 10.4 Å². The van der Waals surface area contributed by atoms with E-state index in [1.54, 1.807) is 6.20 Å². The maximum atomic E-state index is 12.1. The Labute approximate surface area is 121 Å². The van der Waals surface area contributed by atoms with Crippen LogP contribution in [-0.2, 0) is 6.42 Å². The molecular weight excluding hydrogens is 270 g/mol. The predicted molar refractivity (Wildman–Crippen MR) is 74.3 cm³/mol. The van der Waals surface area contributed by atoms with E-state index in [9.17, 15) is 9.90 Å². The van der Waals surface area contributed by atoms with Crippen LogP contribution in [0.4, 0.5) is 0 Å². The van der Waals surface area contributed by atoms with Gasteiger partial charge in [0.15, 0.2) is 5.69 Å². The molecule has 1 fully saturated rings. The van der Waals surface area contributed by atoms with E-state index in [1.807, 2.05) is 18.2 Å². The lowest BCUT2D eigenvalue weighted by molar-refractivity contribution is 0.0237. The molecule has 3 rings (SSSR count). The molecule has 0 aliphatic heterocycles. The van der Waals surface area contributed by atoms with Gasteiger partial charge in [-0.15, -0.1) is 0 Å². The molecule has 2 aromatic heterocycles. The standard InChI is InChI=1S/C14H17N5O2/c20-11-5-9(6-11)12(7-10-3-1-2-4-15-10)17-14(21)13-8-16-19-18-13/h1-4,8-9,11-12,20H,5-7H2,(H,17,21)(H,16,18,19). The number of carbonyl (C=O) groups excluding carboxylic acids is 1. The quantitative estimate of drug-likeness (QED) is 0.734. The molecule has 0 saturated heterocycles. The number of hydrogen-bond donors (Lipinski definition) is 3. The fourth-order valence-electron chi connectivity index (χ4n) is 2.59. The lowest BCUT2D eigenvalue weighted by Crippen LogP contribution is -2.48. The molecule has 21 heavy (non-hydrogen) atoms. The third-order valence-electron chi connectivity index (χ3n) is 3.84. The Kier molecular flexibility index (Phi) is 3.92. The third-order valence-corrected chi connectivity index (χ3v) is 3.84. The fraction of sp³-hybridized carbons (Fsp3) is 0.429. The van der Waals surface area contributed by atoms with Gasteiger partial charge in [0.2, 0.25) is 0 Å².